The van der Waals surface area contributed by atoms with Gasteiger partial charge in [-0.25, -0.2) is 0 Å². The lowest BCUT2D eigenvalue weighted by atomic mass is 10.1. The van der Waals surface area contributed by atoms with E-state index in [4.69, 9.17) is 0 Å². The summed E-state index contributed by atoms with van der Waals surface area (Å²) >= 11 is 3.51. The first kappa shape index (κ1) is 14.3. The topological polar surface area (TPSA) is 53.4 Å². The van der Waals surface area contributed by atoms with Crippen LogP contribution in [0.2, 0.25) is 0 Å². The summed E-state index contributed by atoms with van der Waals surface area (Å²) in [5.74, 6) is -0.980. The Bertz CT molecular complexity index is 730. The molecule has 1 saturated heterocycles. The number of fused-ring (bicyclic) bond motifs is 1. The van der Waals surface area contributed by atoms with Crippen molar-refractivity contribution >= 4 is 38.5 Å². The Balaban J connectivity index is 2.15. The summed E-state index contributed by atoms with van der Waals surface area (Å²) in [6, 6.07) is 6.05. The van der Waals surface area contributed by atoms with Gasteiger partial charge in [0.15, 0.2) is 0 Å². The third-order valence-corrected chi connectivity index (χ3v) is 4.75. The highest BCUT2D eigenvalue weighted by Gasteiger charge is 2.30. The Morgan fingerprint density at radius 2 is 2.19 bits per heavy atom. The first-order valence-corrected chi connectivity index (χ1v) is 7.81. The average molecular weight is 349 g/mol. The van der Waals surface area contributed by atoms with E-state index in [9.17, 15) is 9.90 Å². The maximum absolute atomic E-state index is 11.2. The monoisotopic (exact) mass is 348 g/mol. The highest BCUT2D eigenvalue weighted by Crippen LogP contribution is 2.35. The third-order valence-electron chi connectivity index (χ3n) is 4.25. The first-order valence-electron chi connectivity index (χ1n) is 7.01. The maximum atomic E-state index is 11.2. The number of pyridine rings is 1. The summed E-state index contributed by atoms with van der Waals surface area (Å²) < 4.78 is 1.01. The number of aromatic nitrogens is 1. The van der Waals surface area contributed by atoms with E-state index in [1.807, 2.05) is 19.1 Å². The minimum Gasteiger partial charge on any atom is -0.481 e. The molecular weight excluding hydrogens is 332 g/mol. The van der Waals surface area contributed by atoms with Crippen LogP contribution in [0.15, 0.2) is 22.7 Å². The van der Waals surface area contributed by atoms with Gasteiger partial charge in [0.1, 0.15) is 0 Å². The van der Waals surface area contributed by atoms with Crippen molar-refractivity contribution in [3.05, 3.63) is 33.9 Å². The van der Waals surface area contributed by atoms with Crippen LogP contribution in [0, 0.1) is 19.8 Å². The van der Waals surface area contributed by atoms with Crippen molar-refractivity contribution in [2.75, 3.05) is 18.0 Å². The van der Waals surface area contributed by atoms with E-state index in [2.05, 4.69) is 38.8 Å². The summed E-state index contributed by atoms with van der Waals surface area (Å²) in [5, 5.41) is 10.3. The van der Waals surface area contributed by atoms with Gasteiger partial charge in [-0.2, -0.15) is 0 Å². The molecule has 0 bridgehead atoms. The van der Waals surface area contributed by atoms with Crippen molar-refractivity contribution in [2.45, 2.75) is 20.3 Å². The van der Waals surface area contributed by atoms with Gasteiger partial charge in [0, 0.05) is 28.6 Å². The Morgan fingerprint density at radius 1 is 1.43 bits per heavy atom. The smallest absolute Gasteiger partial charge is 0.308 e. The number of hydrogen-bond donors (Lipinski definition) is 1. The van der Waals surface area contributed by atoms with E-state index in [0.29, 0.717) is 13.0 Å². The predicted molar refractivity (Wildman–Crippen MR) is 86.9 cm³/mol. The second-order valence-electron chi connectivity index (χ2n) is 5.60. The summed E-state index contributed by atoms with van der Waals surface area (Å²) in [7, 11) is 0. The van der Waals surface area contributed by atoms with Gasteiger partial charge >= 0.3 is 5.97 Å². The molecule has 3 rings (SSSR count). The van der Waals surface area contributed by atoms with Gasteiger partial charge in [0.05, 0.1) is 17.1 Å². The molecule has 21 heavy (non-hydrogen) atoms. The van der Waals surface area contributed by atoms with Gasteiger partial charge in [0.2, 0.25) is 0 Å². The van der Waals surface area contributed by atoms with Crippen LogP contribution in [0.3, 0.4) is 0 Å². The van der Waals surface area contributed by atoms with Crippen molar-refractivity contribution in [3.8, 4) is 0 Å². The van der Waals surface area contributed by atoms with Crippen LogP contribution < -0.4 is 4.90 Å². The number of halogens is 1. The van der Waals surface area contributed by atoms with Gasteiger partial charge < -0.3 is 10.0 Å². The van der Waals surface area contributed by atoms with Crippen LogP contribution in [0.4, 0.5) is 5.69 Å². The zero-order chi connectivity index (χ0) is 15.1. The van der Waals surface area contributed by atoms with Gasteiger partial charge in [-0.3, -0.25) is 9.78 Å². The lowest BCUT2D eigenvalue weighted by Gasteiger charge is -2.23. The normalized spacial score (nSPS) is 18.4. The quantitative estimate of drug-likeness (QED) is 0.901. The zero-order valence-corrected chi connectivity index (χ0v) is 13.6. The molecule has 1 atom stereocenters. The Morgan fingerprint density at radius 3 is 2.86 bits per heavy atom. The number of hydrogen-bond acceptors (Lipinski definition) is 3. The largest absolute Gasteiger partial charge is 0.481 e. The molecule has 1 aromatic carbocycles. The lowest BCUT2D eigenvalue weighted by Crippen LogP contribution is -2.24. The number of benzene rings is 1. The third kappa shape index (κ3) is 2.50. The fourth-order valence-corrected chi connectivity index (χ4v) is 3.37. The van der Waals surface area contributed by atoms with E-state index in [1.54, 1.807) is 0 Å². The lowest BCUT2D eigenvalue weighted by molar-refractivity contribution is -0.140. The highest BCUT2D eigenvalue weighted by molar-refractivity contribution is 9.10. The number of aryl methyl sites for hydroxylation is 1. The van der Waals surface area contributed by atoms with Crippen LogP contribution >= 0.6 is 15.9 Å². The summed E-state index contributed by atoms with van der Waals surface area (Å²) in [6.45, 7) is 5.42. The number of aliphatic carboxylic acids is 1. The first-order chi connectivity index (χ1) is 9.97. The zero-order valence-electron chi connectivity index (χ0n) is 12.1. The molecule has 1 aliphatic heterocycles. The van der Waals surface area contributed by atoms with Gasteiger partial charge in [-0.05, 0) is 44.0 Å². The summed E-state index contributed by atoms with van der Waals surface area (Å²) in [5.41, 5.74) is 4.21. The van der Waals surface area contributed by atoms with Gasteiger partial charge in [-0.15, -0.1) is 0 Å². The van der Waals surface area contributed by atoms with E-state index < -0.39 is 5.97 Å². The molecule has 0 radical (unpaired) electrons. The molecule has 0 amide bonds. The van der Waals surface area contributed by atoms with Crippen molar-refractivity contribution < 1.29 is 9.90 Å². The molecule has 5 heteroatoms. The molecule has 110 valence electrons. The number of carboxylic acid groups (broad SMARTS) is 1. The van der Waals surface area contributed by atoms with E-state index in [1.165, 1.54) is 0 Å². The van der Waals surface area contributed by atoms with Crippen molar-refractivity contribution in [1.82, 2.24) is 4.98 Å². The molecule has 1 N–H and O–H groups in total. The molecule has 0 saturated carbocycles. The molecule has 4 nitrogen and oxygen atoms in total. The van der Waals surface area contributed by atoms with Crippen molar-refractivity contribution in [3.63, 3.8) is 0 Å². The molecule has 1 unspecified atom stereocenters. The Kier molecular flexibility index (Phi) is 3.61. The highest BCUT2D eigenvalue weighted by atomic mass is 79.9. The number of anilines is 1. The van der Waals surface area contributed by atoms with E-state index >= 15 is 0 Å². The Labute approximate surface area is 131 Å². The van der Waals surface area contributed by atoms with E-state index in [0.717, 1.165) is 38.9 Å². The summed E-state index contributed by atoms with van der Waals surface area (Å²) in [6.07, 6.45) is 0.700. The molecule has 2 aromatic rings. The predicted octanol–water partition coefficient (Wildman–Crippen LogP) is 3.53. The minimum absolute atomic E-state index is 0.278. The average Bonchev–Trinajstić information content (AvgIpc) is 2.90. The standard InChI is InChI=1S/C16H17BrN2O2/c1-9-10(2)18-14-4-3-12(17)7-13(14)15(9)19-6-5-11(8-19)16(20)21/h3-4,7,11H,5-6,8H2,1-2H3,(H,20,21). The second-order valence-corrected chi connectivity index (χ2v) is 6.52. The van der Waals surface area contributed by atoms with Crippen LogP contribution in [0.5, 0.6) is 0 Å². The Hall–Kier alpha value is -1.62. The van der Waals surface area contributed by atoms with Crippen LogP contribution in [-0.4, -0.2) is 29.1 Å². The summed E-state index contributed by atoms with van der Waals surface area (Å²) in [4.78, 5) is 18.0. The van der Waals surface area contributed by atoms with Gasteiger partial charge in [-0.1, -0.05) is 15.9 Å². The SMILES string of the molecule is Cc1nc2ccc(Br)cc2c(N2CCC(C(=O)O)C2)c1C. The van der Waals surface area contributed by atoms with E-state index in [-0.39, 0.29) is 5.92 Å². The fourth-order valence-electron chi connectivity index (χ4n) is 3.01. The second kappa shape index (κ2) is 5.30. The number of carbonyl (C=O) groups is 1. The van der Waals surface area contributed by atoms with Crippen molar-refractivity contribution in [2.24, 2.45) is 5.92 Å². The van der Waals surface area contributed by atoms with Crippen molar-refractivity contribution in [1.29, 1.82) is 0 Å². The number of carboxylic acids is 1. The van der Waals surface area contributed by atoms with Crippen LogP contribution in [0.25, 0.3) is 10.9 Å². The molecule has 0 aliphatic carbocycles. The molecule has 1 aromatic heterocycles. The van der Waals surface area contributed by atoms with Gasteiger partial charge in [0.25, 0.3) is 0 Å². The maximum Gasteiger partial charge on any atom is 0.308 e. The minimum atomic E-state index is -0.702. The van der Waals surface area contributed by atoms with Crippen LogP contribution in [-0.2, 0) is 4.79 Å². The molecule has 1 fully saturated rings. The molecule has 2 heterocycles. The number of rotatable bonds is 2. The number of nitrogens with zero attached hydrogens (tertiary/aromatic N) is 2. The molecular formula is C16H17BrN2O2. The van der Waals surface area contributed by atoms with Crippen LogP contribution in [0.1, 0.15) is 17.7 Å². The molecule has 0 spiro atoms. The fraction of sp³-hybridized carbons (Fsp3) is 0.375. The molecule has 1 aliphatic rings.